The summed E-state index contributed by atoms with van der Waals surface area (Å²) in [6.45, 7) is 4.11. The summed E-state index contributed by atoms with van der Waals surface area (Å²) in [4.78, 5) is 21.3. The van der Waals surface area contributed by atoms with Gasteiger partial charge in [-0.2, -0.15) is 4.98 Å². The predicted molar refractivity (Wildman–Crippen MR) is 101 cm³/mol. The second-order valence-corrected chi connectivity index (χ2v) is 6.84. The Labute approximate surface area is 159 Å². The zero-order valence-corrected chi connectivity index (χ0v) is 16.0. The van der Waals surface area contributed by atoms with E-state index in [-0.39, 0.29) is 12.3 Å². The van der Waals surface area contributed by atoms with Gasteiger partial charge in [0.25, 0.3) is 5.78 Å². The molecule has 138 valence electrons. The number of hydrogen-bond acceptors (Lipinski definition) is 7. The van der Waals surface area contributed by atoms with Gasteiger partial charge in [-0.15, -0.1) is 15.3 Å². The third kappa shape index (κ3) is 3.23. The lowest BCUT2D eigenvalue weighted by Gasteiger charge is -2.10. The fourth-order valence-corrected chi connectivity index (χ4v) is 3.28. The molecule has 0 aliphatic rings. The number of carbonyl (C=O) groups is 1. The number of pyridine rings is 1. The molecule has 9 nitrogen and oxygen atoms in total. The predicted octanol–water partition coefficient (Wildman–Crippen LogP) is 1.36. The lowest BCUT2D eigenvalue weighted by atomic mass is 10.1. The number of amides is 1. The van der Waals surface area contributed by atoms with Crippen LogP contribution in [0.2, 0.25) is 0 Å². The van der Waals surface area contributed by atoms with Gasteiger partial charge >= 0.3 is 0 Å². The number of aryl methyl sites for hydroxylation is 2. The molecule has 0 atom stereocenters. The number of nitrogens with one attached hydrogen (secondary N) is 1. The lowest BCUT2D eigenvalue weighted by Crippen LogP contribution is -2.26. The summed E-state index contributed by atoms with van der Waals surface area (Å²) in [5.41, 5.74) is 3.25. The van der Waals surface area contributed by atoms with Crippen molar-refractivity contribution in [1.29, 1.82) is 0 Å². The minimum absolute atomic E-state index is 0.111. The van der Waals surface area contributed by atoms with Gasteiger partial charge in [0.15, 0.2) is 11.5 Å². The highest BCUT2D eigenvalue weighted by atomic mass is 32.2. The molecule has 27 heavy (non-hydrogen) atoms. The van der Waals surface area contributed by atoms with Crippen LogP contribution in [0.4, 0.5) is 0 Å². The van der Waals surface area contributed by atoms with Gasteiger partial charge in [-0.1, -0.05) is 17.8 Å². The van der Waals surface area contributed by atoms with Crippen molar-refractivity contribution >= 4 is 29.1 Å². The molecule has 10 heteroatoms. The second kappa shape index (κ2) is 6.95. The van der Waals surface area contributed by atoms with Crippen LogP contribution in [0.15, 0.2) is 29.6 Å². The number of thioether (sulfide) groups is 1. The van der Waals surface area contributed by atoms with Crippen molar-refractivity contribution in [2.45, 2.75) is 32.0 Å². The van der Waals surface area contributed by atoms with E-state index in [1.54, 1.807) is 4.52 Å². The number of hydrogen-bond donors (Lipinski definition) is 1. The van der Waals surface area contributed by atoms with Gasteiger partial charge in [-0.3, -0.25) is 9.20 Å². The number of aromatic nitrogens is 7. The molecule has 0 aliphatic heterocycles. The molecule has 0 radical (unpaired) electrons. The van der Waals surface area contributed by atoms with Crippen LogP contribution in [-0.4, -0.2) is 46.3 Å². The molecule has 0 fully saturated rings. The van der Waals surface area contributed by atoms with Crippen molar-refractivity contribution in [2.24, 2.45) is 0 Å². The first kappa shape index (κ1) is 17.4. The second-order valence-electron chi connectivity index (χ2n) is 6.07. The van der Waals surface area contributed by atoms with Gasteiger partial charge in [0, 0.05) is 23.1 Å². The van der Waals surface area contributed by atoms with E-state index in [0.717, 1.165) is 22.6 Å². The van der Waals surface area contributed by atoms with E-state index in [1.807, 2.05) is 48.9 Å². The average molecular weight is 382 g/mol. The normalized spacial score (nSPS) is 11.4. The van der Waals surface area contributed by atoms with Gasteiger partial charge in [0.1, 0.15) is 0 Å². The van der Waals surface area contributed by atoms with Crippen LogP contribution in [0.3, 0.4) is 0 Å². The van der Waals surface area contributed by atoms with Crippen LogP contribution in [-0.2, 0) is 17.8 Å². The van der Waals surface area contributed by atoms with E-state index in [0.29, 0.717) is 23.3 Å². The smallest absolute Gasteiger partial charge is 0.253 e. The van der Waals surface area contributed by atoms with Crippen molar-refractivity contribution < 1.29 is 4.79 Å². The Morgan fingerprint density at radius 3 is 2.89 bits per heavy atom. The monoisotopic (exact) mass is 382 g/mol. The molecule has 4 heterocycles. The van der Waals surface area contributed by atoms with Crippen LogP contribution in [0.1, 0.15) is 22.8 Å². The molecule has 4 aromatic rings. The van der Waals surface area contributed by atoms with Crippen molar-refractivity contribution in [3.63, 3.8) is 0 Å². The topological polar surface area (TPSA) is 102 Å². The highest BCUT2D eigenvalue weighted by molar-refractivity contribution is 7.98. The van der Waals surface area contributed by atoms with Gasteiger partial charge in [-0.05, 0) is 32.2 Å². The van der Waals surface area contributed by atoms with E-state index in [2.05, 4.69) is 30.6 Å². The maximum Gasteiger partial charge on any atom is 0.253 e. The Morgan fingerprint density at radius 2 is 2.07 bits per heavy atom. The lowest BCUT2D eigenvalue weighted by molar-refractivity contribution is -0.120. The summed E-state index contributed by atoms with van der Waals surface area (Å²) in [7, 11) is 0. The van der Waals surface area contributed by atoms with Crippen molar-refractivity contribution in [1.82, 2.24) is 39.5 Å². The van der Waals surface area contributed by atoms with Crippen LogP contribution in [0.5, 0.6) is 0 Å². The highest BCUT2D eigenvalue weighted by Gasteiger charge is 2.16. The van der Waals surface area contributed by atoms with Gasteiger partial charge in [0.05, 0.1) is 13.0 Å². The number of fused-ring (bicyclic) bond motifs is 2. The minimum Gasteiger partial charge on any atom is -0.348 e. The van der Waals surface area contributed by atoms with Crippen LogP contribution < -0.4 is 5.32 Å². The molecule has 0 bridgehead atoms. The van der Waals surface area contributed by atoms with E-state index < -0.39 is 0 Å². The Kier molecular flexibility index (Phi) is 4.48. The molecule has 1 N–H and O–H groups in total. The minimum atomic E-state index is -0.111. The Balaban J connectivity index is 1.52. The molecular weight excluding hydrogens is 364 g/mol. The molecular formula is C17H18N8OS. The molecule has 1 amide bonds. The van der Waals surface area contributed by atoms with Crippen LogP contribution in [0.25, 0.3) is 11.4 Å². The Hall–Kier alpha value is -3.01. The third-order valence-electron chi connectivity index (χ3n) is 4.38. The molecule has 0 spiro atoms. The molecule has 0 unspecified atom stereocenters. The summed E-state index contributed by atoms with van der Waals surface area (Å²) < 4.78 is 3.54. The third-order valence-corrected chi connectivity index (χ3v) is 4.92. The summed E-state index contributed by atoms with van der Waals surface area (Å²) in [5, 5.41) is 16.2. The summed E-state index contributed by atoms with van der Waals surface area (Å²) in [5.74, 6) is 1.12. The largest absolute Gasteiger partial charge is 0.348 e. The quantitative estimate of drug-likeness (QED) is 0.520. The molecule has 0 aliphatic carbocycles. The average Bonchev–Trinajstić information content (AvgIpc) is 3.27. The van der Waals surface area contributed by atoms with Gasteiger partial charge < -0.3 is 5.32 Å². The van der Waals surface area contributed by atoms with E-state index in [9.17, 15) is 4.79 Å². The van der Waals surface area contributed by atoms with Crippen LogP contribution >= 0.6 is 11.8 Å². The molecule has 0 aromatic carbocycles. The molecule has 0 saturated heterocycles. The van der Waals surface area contributed by atoms with E-state index in [4.69, 9.17) is 0 Å². The van der Waals surface area contributed by atoms with Gasteiger partial charge in [0.2, 0.25) is 11.1 Å². The highest BCUT2D eigenvalue weighted by Crippen LogP contribution is 2.17. The van der Waals surface area contributed by atoms with Gasteiger partial charge in [-0.25, -0.2) is 9.50 Å². The molecule has 4 aromatic heterocycles. The zero-order chi connectivity index (χ0) is 19.0. The molecule has 4 rings (SSSR count). The van der Waals surface area contributed by atoms with E-state index >= 15 is 0 Å². The van der Waals surface area contributed by atoms with Crippen molar-refractivity contribution in [3.8, 4) is 0 Å². The summed E-state index contributed by atoms with van der Waals surface area (Å²) >= 11 is 1.46. The fraction of sp³-hybridized carbons (Fsp3) is 0.294. The van der Waals surface area contributed by atoms with E-state index in [1.165, 1.54) is 11.8 Å². The number of nitrogens with zero attached hydrogens (tertiary/aromatic N) is 7. The zero-order valence-electron chi connectivity index (χ0n) is 15.2. The number of carbonyl (C=O) groups excluding carboxylic acids is 1. The number of rotatable bonds is 5. The first-order chi connectivity index (χ1) is 13.1. The Bertz CT molecular complexity index is 1150. The van der Waals surface area contributed by atoms with Crippen molar-refractivity contribution in [2.75, 3.05) is 6.26 Å². The summed E-state index contributed by atoms with van der Waals surface area (Å²) in [6.07, 6.45) is 4.00. The maximum atomic E-state index is 12.5. The standard InChI is InChI=1S/C17H18N8OS/c1-10-12(11(2)25-16(19-10)20-17(23-25)27-3)8-15(26)18-9-14-22-21-13-6-4-5-7-24(13)14/h4-7H,8-9H2,1-3H3,(H,18,26). The maximum absolute atomic E-state index is 12.5. The molecule has 0 saturated carbocycles. The first-order valence-electron chi connectivity index (χ1n) is 8.39. The van der Waals surface area contributed by atoms with Crippen molar-refractivity contribution in [3.05, 3.63) is 47.2 Å². The first-order valence-corrected chi connectivity index (χ1v) is 9.61. The van der Waals surface area contributed by atoms with Crippen LogP contribution in [0, 0.1) is 13.8 Å². The fourth-order valence-electron chi connectivity index (χ4n) is 2.94. The summed E-state index contributed by atoms with van der Waals surface area (Å²) in [6, 6.07) is 5.66. The SMILES string of the molecule is CSc1nc2nc(C)c(CC(=O)NCc3nnc4ccccn34)c(C)n2n1. The Morgan fingerprint density at radius 1 is 1.22 bits per heavy atom.